The van der Waals surface area contributed by atoms with Crippen LogP contribution in [0.15, 0.2) is 12.3 Å². The van der Waals surface area contributed by atoms with Crippen molar-refractivity contribution in [2.24, 2.45) is 0 Å². The van der Waals surface area contributed by atoms with Gasteiger partial charge in [-0.05, 0) is 26.0 Å². The molecular weight excluding hydrogens is 230 g/mol. The van der Waals surface area contributed by atoms with E-state index < -0.39 is 0 Å². The Morgan fingerprint density at radius 2 is 2.22 bits per heavy atom. The average Bonchev–Trinajstić information content (AvgIpc) is 2.86. The maximum atomic E-state index is 5.63. The van der Waals surface area contributed by atoms with Crippen molar-refractivity contribution in [3.8, 4) is 0 Å². The van der Waals surface area contributed by atoms with Crippen molar-refractivity contribution in [2.45, 2.75) is 32.9 Å². The van der Waals surface area contributed by atoms with Gasteiger partial charge in [-0.3, -0.25) is 4.68 Å². The third-order valence-corrected chi connectivity index (χ3v) is 2.76. The zero-order valence-corrected chi connectivity index (χ0v) is 11.7. The normalized spacial score (nSPS) is 12.8. The minimum absolute atomic E-state index is 0.198. The lowest BCUT2D eigenvalue weighted by Gasteiger charge is -2.19. The Morgan fingerprint density at radius 3 is 2.89 bits per heavy atom. The van der Waals surface area contributed by atoms with Crippen molar-refractivity contribution in [3.05, 3.63) is 18.0 Å². The van der Waals surface area contributed by atoms with Gasteiger partial charge < -0.3 is 14.8 Å². The second kappa shape index (κ2) is 9.08. The van der Waals surface area contributed by atoms with Crippen LogP contribution >= 0.6 is 0 Å². The van der Waals surface area contributed by atoms with E-state index in [1.807, 2.05) is 10.9 Å². The second-order valence-electron chi connectivity index (χ2n) is 4.15. The number of nitrogens with one attached hydrogen (secondary N) is 1. The molecule has 1 rings (SSSR count). The molecule has 1 N–H and O–H groups in total. The van der Waals surface area contributed by atoms with Gasteiger partial charge in [-0.1, -0.05) is 6.92 Å². The summed E-state index contributed by atoms with van der Waals surface area (Å²) >= 11 is 0. The van der Waals surface area contributed by atoms with Gasteiger partial charge >= 0.3 is 0 Å². The maximum Gasteiger partial charge on any atom is 0.0729 e. The van der Waals surface area contributed by atoms with Crippen molar-refractivity contribution < 1.29 is 9.47 Å². The Morgan fingerprint density at radius 1 is 1.39 bits per heavy atom. The van der Waals surface area contributed by atoms with Gasteiger partial charge in [-0.2, -0.15) is 5.10 Å². The number of nitrogens with zero attached hydrogens (tertiary/aromatic N) is 2. The Kier molecular flexibility index (Phi) is 7.64. The number of ether oxygens (including phenoxy) is 2. The Labute approximate surface area is 109 Å². The summed E-state index contributed by atoms with van der Waals surface area (Å²) in [6.45, 7) is 8.02. The van der Waals surface area contributed by atoms with E-state index in [-0.39, 0.29) is 6.04 Å². The summed E-state index contributed by atoms with van der Waals surface area (Å²) in [6, 6.07) is 2.25. The fourth-order valence-corrected chi connectivity index (χ4v) is 1.81. The third-order valence-electron chi connectivity index (χ3n) is 2.76. The zero-order valence-electron chi connectivity index (χ0n) is 11.7. The first-order valence-electron chi connectivity index (χ1n) is 6.65. The number of aromatic nitrogens is 2. The predicted octanol–water partition coefficient (Wildman–Crippen LogP) is 1.61. The highest BCUT2D eigenvalue weighted by Gasteiger charge is 2.15. The predicted molar refractivity (Wildman–Crippen MR) is 71.6 cm³/mol. The molecule has 0 aliphatic rings. The smallest absolute Gasteiger partial charge is 0.0729 e. The van der Waals surface area contributed by atoms with E-state index in [1.165, 1.54) is 5.69 Å². The number of hydrogen-bond donors (Lipinski definition) is 1. The van der Waals surface area contributed by atoms with Gasteiger partial charge in [0.15, 0.2) is 0 Å². The first kappa shape index (κ1) is 15.1. The van der Waals surface area contributed by atoms with Crippen molar-refractivity contribution in [1.29, 1.82) is 0 Å². The molecule has 1 atom stereocenters. The van der Waals surface area contributed by atoms with Crippen molar-refractivity contribution >= 4 is 0 Å². The fourth-order valence-electron chi connectivity index (χ4n) is 1.81. The van der Waals surface area contributed by atoms with E-state index in [0.29, 0.717) is 19.8 Å². The molecule has 0 saturated heterocycles. The fraction of sp³-hybridized carbons (Fsp3) is 0.769. The van der Waals surface area contributed by atoms with E-state index in [1.54, 1.807) is 7.11 Å². The highest BCUT2D eigenvalue weighted by Crippen LogP contribution is 2.13. The third kappa shape index (κ3) is 4.76. The van der Waals surface area contributed by atoms with E-state index in [2.05, 4.69) is 30.3 Å². The van der Waals surface area contributed by atoms with Crippen molar-refractivity contribution in [3.63, 3.8) is 0 Å². The van der Waals surface area contributed by atoms with Crippen LogP contribution in [0, 0.1) is 0 Å². The number of aryl methyl sites for hydroxylation is 1. The molecule has 1 aromatic rings. The van der Waals surface area contributed by atoms with E-state index in [4.69, 9.17) is 9.47 Å². The summed E-state index contributed by atoms with van der Waals surface area (Å²) in [7, 11) is 1.68. The molecule has 5 nitrogen and oxygen atoms in total. The topological polar surface area (TPSA) is 48.3 Å². The van der Waals surface area contributed by atoms with E-state index >= 15 is 0 Å². The van der Waals surface area contributed by atoms with Crippen LogP contribution in [-0.4, -0.2) is 43.3 Å². The molecule has 0 aromatic carbocycles. The van der Waals surface area contributed by atoms with Crippen LogP contribution in [-0.2, 0) is 16.0 Å². The molecule has 1 heterocycles. The van der Waals surface area contributed by atoms with E-state index in [0.717, 1.165) is 19.5 Å². The molecule has 0 aliphatic carbocycles. The average molecular weight is 255 g/mol. The number of methoxy groups -OCH3 is 1. The Hall–Kier alpha value is -0.910. The Balaban J connectivity index is 2.54. The molecule has 0 radical (unpaired) electrons. The SMILES string of the molecule is CCCNC(COCCOC)c1ccnn1CC. The quantitative estimate of drug-likeness (QED) is 0.645. The number of rotatable bonds is 10. The monoisotopic (exact) mass is 255 g/mol. The van der Waals surface area contributed by atoms with Gasteiger partial charge in [0.2, 0.25) is 0 Å². The molecule has 0 fully saturated rings. The minimum atomic E-state index is 0.198. The minimum Gasteiger partial charge on any atom is -0.382 e. The van der Waals surface area contributed by atoms with Crippen LogP contribution in [0.3, 0.4) is 0 Å². The highest BCUT2D eigenvalue weighted by atomic mass is 16.5. The molecule has 0 bridgehead atoms. The van der Waals surface area contributed by atoms with Crippen LogP contribution in [0.4, 0.5) is 0 Å². The van der Waals surface area contributed by atoms with Crippen LogP contribution in [0.5, 0.6) is 0 Å². The Bertz CT molecular complexity index is 315. The standard InChI is InChI=1S/C13H25N3O2/c1-4-7-14-12(11-18-10-9-17-3)13-6-8-15-16(13)5-2/h6,8,12,14H,4-5,7,9-11H2,1-3H3. The largest absolute Gasteiger partial charge is 0.382 e. The lowest BCUT2D eigenvalue weighted by Crippen LogP contribution is -2.29. The van der Waals surface area contributed by atoms with Gasteiger partial charge in [0.05, 0.1) is 31.6 Å². The van der Waals surface area contributed by atoms with Gasteiger partial charge in [0.1, 0.15) is 0 Å². The lowest BCUT2D eigenvalue weighted by atomic mass is 10.2. The summed E-state index contributed by atoms with van der Waals surface area (Å²) in [5, 5.41) is 7.80. The molecule has 1 aromatic heterocycles. The van der Waals surface area contributed by atoms with Gasteiger partial charge in [-0.25, -0.2) is 0 Å². The molecule has 0 amide bonds. The second-order valence-corrected chi connectivity index (χ2v) is 4.15. The summed E-state index contributed by atoms with van der Waals surface area (Å²) in [5.41, 5.74) is 1.18. The van der Waals surface area contributed by atoms with Crippen molar-refractivity contribution in [2.75, 3.05) is 33.5 Å². The number of hydrogen-bond acceptors (Lipinski definition) is 4. The molecule has 5 heteroatoms. The molecule has 0 saturated carbocycles. The molecular formula is C13H25N3O2. The summed E-state index contributed by atoms with van der Waals surface area (Å²) in [6.07, 6.45) is 2.95. The van der Waals surface area contributed by atoms with E-state index in [9.17, 15) is 0 Å². The highest BCUT2D eigenvalue weighted by molar-refractivity contribution is 5.07. The van der Waals surface area contributed by atoms with Gasteiger partial charge in [-0.15, -0.1) is 0 Å². The van der Waals surface area contributed by atoms with Crippen LogP contribution in [0.1, 0.15) is 32.0 Å². The van der Waals surface area contributed by atoms with Crippen LogP contribution < -0.4 is 5.32 Å². The molecule has 0 aliphatic heterocycles. The summed E-state index contributed by atoms with van der Waals surface area (Å²) in [4.78, 5) is 0. The van der Waals surface area contributed by atoms with Crippen molar-refractivity contribution in [1.82, 2.24) is 15.1 Å². The first-order chi connectivity index (χ1) is 8.83. The van der Waals surface area contributed by atoms with Gasteiger partial charge in [0, 0.05) is 19.9 Å². The van der Waals surface area contributed by atoms with Crippen LogP contribution in [0.25, 0.3) is 0 Å². The zero-order chi connectivity index (χ0) is 13.2. The molecule has 104 valence electrons. The van der Waals surface area contributed by atoms with Crippen LogP contribution in [0.2, 0.25) is 0 Å². The lowest BCUT2D eigenvalue weighted by molar-refractivity contribution is 0.0573. The first-order valence-corrected chi connectivity index (χ1v) is 6.65. The summed E-state index contributed by atoms with van der Waals surface area (Å²) in [5.74, 6) is 0. The molecule has 18 heavy (non-hydrogen) atoms. The molecule has 1 unspecified atom stereocenters. The molecule has 0 spiro atoms. The van der Waals surface area contributed by atoms with Gasteiger partial charge in [0.25, 0.3) is 0 Å². The maximum absolute atomic E-state index is 5.63. The summed E-state index contributed by atoms with van der Waals surface area (Å²) < 4.78 is 12.6.